The molecule has 0 spiro atoms. The standard InChI is InChI=1S/C17H23.Hf/c1-17(2,3)11-14-10-9-13-8-7-12-5-4-6-15(12)16(13)14;/h7-8H,4-6,9-11H2,1-3H3;/q-1;. The van der Waals surface area contributed by atoms with Crippen LogP contribution in [0, 0.1) is 11.3 Å². The van der Waals surface area contributed by atoms with Crippen LogP contribution in [0.4, 0.5) is 0 Å². The van der Waals surface area contributed by atoms with Crippen molar-refractivity contribution >= 4 is 0 Å². The molecule has 0 nitrogen and oxygen atoms in total. The molecule has 0 unspecified atom stereocenters. The van der Waals surface area contributed by atoms with Gasteiger partial charge in [0.25, 0.3) is 0 Å². The number of hydrogen-bond donors (Lipinski definition) is 0. The summed E-state index contributed by atoms with van der Waals surface area (Å²) in [6.07, 6.45) is 7.87. The van der Waals surface area contributed by atoms with Gasteiger partial charge in [0.05, 0.1) is 0 Å². The largest absolute Gasteiger partial charge is 0.182 e. The van der Waals surface area contributed by atoms with Crippen LogP contribution in [-0.2, 0) is 45.1 Å². The van der Waals surface area contributed by atoms with Crippen LogP contribution < -0.4 is 0 Å². The van der Waals surface area contributed by atoms with E-state index in [9.17, 15) is 0 Å². The molecule has 1 heteroatoms. The fourth-order valence-corrected chi connectivity index (χ4v) is 3.59. The third kappa shape index (κ3) is 2.61. The van der Waals surface area contributed by atoms with Gasteiger partial charge in [0, 0.05) is 25.8 Å². The maximum absolute atomic E-state index is 2.40. The van der Waals surface area contributed by atoms with Crippen molar-refractivity contribution in [2.75, 3.05) is 0 Å². The summed E-state index contributed by atoms with van der Waals surface area (Å²) < 4.78 is 0. The second-order valence-corrected chi connectivity index (χ2v) is 6.93. The van der Waals surface area contributed by atoms with Crippen molar-refractivity contribution in [3.8, 4) is 0 Å². The van der Waals surface area contributed by atoms with Gasteiger partial charge in [-0.25, -0.2) is 0 Å². The van der Waals surface area contributed by atoms with Crippen LogP contribution in [0.5, 0.6) is 0 Å². The molecule has 0 bridgehead atoms. The average molecular weight is 406 g/mol. The van der Waals surface area contributed by atoms with Gasteiger partial charge in [-0.1, -0.05) is 58.9 Å². The van der Waals surface area contributed by atoms with Crippen LogP contribution in [0.3, 0.4) is 0 Å². The Labute approximate surface area is 130 Å². The zero-order valence-electron chi connectivity index (χ0n) is 11.9. The van der Waals surface area contributed by atoms with Crippen LogP contribution in [0.15, 0.2) is 12.1 Å². The number of rotatable bonds is 1. The van der Waals surface area contributed by atoms with E-state index >= 15 is 0 Å². The summed E-state index contributed by atoms with van der Waals surface area (Å²) in [6, 6.07) is 4.79. The van der Waals surface area contributed by atoms with Gasteiger partial charge in [0.15, 0.2) is 0 Å². The Bertz CT molecular complexity index is 440. The Balaban J connectivity index is 0.00000120. The Kier molecular flexibility index (Phi) is 4.11. The minimum atomic E-state index is 0. The van der Waals surface area contributed by atoms with Crippen LogP contribution in [-0.4, -0.2) is 0 Å². The predicted octanol–water partition coefficient (Wildman–Crippen LogP) is 4.48. The predicted molar refractivity (Wildman–Crippen MR) is 73.2 cm³/mol. The fraction of sp³-hybridized carbons (Fsp3) is 0.588. The normalized spacial score (nSPS) is 17.4. The summed E-state index contributed by atoms with van der Waals surface area (Å²) >= 11 is 0. The Hall–Kier alpha value is -0.0399. The summed E-state index contributed by atoms with van der Waals surface area (Å²) in [4.78, 5) is 0. The van der Waals surface area contributed by atoms with E-state index in [1.807, 2.05) is 0 Å². The van der Waals surface area contributed by atoms with Gasteiger partial charge in [0.1, 0.15) is 0 Å². The first-order chi connectivity index (χ1) is 8.04. The van der Waals surface area contributed by atoms with Gasteiger partial charge in [0.2, 0.25) is 0 Å². The zero-order valence-corrected chi connectivity index (χ0v) is 15.5. The molecule has 1 aromatic carbocycles. The van der Waals surface area contributed by atoms with Crippen LogP contribution in [0.2, 0.25) is 0 Å². The molecule has 2 aliphatic rings. The number of fused-ring (bicyclic) bond motifs is 3. The van der Waals surface area contributed by atoms with Crippen molar-refractivity contribution < 1.29 is 25.8 Å². The summed E-state index contributed by atoms with van der Waals surface area (Å²) in [5.41, 5.74) is 7.09. The first-order valence-corrected chi connectivity index (χ1v) is 7.03. The monoisotopic (exact) mass is 407 g/mol. The molecule has 1 aromatic rings. The molecule has 96 valence electrons. The van der Waals surface area contributed by atoms with Crippen molar-refractivity contribution in [2.45, 2.75) is 59.3 Å². The van der Waals surface area contributed by atoms with E-state index in [0.29, 0.717) is 5.41 Å². The van der Waals surface area contributed by atoms with Gasteiger partial charge in [-0.2, -0.15) is 11.5 Å². The molecule has 0 radical (unpaired) electrons. The maximum atomic E-state index is 2.40. The molecular formula is C17H23Hf-. The summed E-state index contributed by atoms with van der Waals surface area (Å²) in [5, 5.41) is 0. The molecule has 0 saturated carbocycles. The zero-order chi connectivity index (χ0) is 12.0. The van der Waals surface area contributed by atoms with Crippen LogP contribution in [0.25, 0.3) is 0 Å². The molecule has 18 heavy (non-hydrogen) atoms. The fourth-order valence-electron chi connectivity index (χ4n) is 3.59. The van der Waals surface area contributed by atoms with E-state index in [-0.39, 0.29) is 25.8 Å². The molecule has 0 fully saturated rings. The van der Waals surface area contributed by atoms with Gasteiger partial charge in [-0.05, 0) is 11.8 Å². The van der Waals surface area contributed by atoms with Crippen LogP contribution >= 0.6 is 0 Å². The third-order valence-electron chi connectivity index (χ3n) is 4.16. The van der Waals surface area contributed by atoms with Crippen molar-refractivity contribution in [1.82, 2.24) is 0 Å². The van der Waals surface area contributed by atoms with Gasteiger partial charge < -0.3 is 0 Å². The van der Waals surface area contributed by atoms with Gasteiger partial charge in [-0.15, -0.1) is 22.8 Å². The number of benzene rings is 1. The Morgan fingerprint density at radius 1 is 1.06 bits per heavy atom. The minimum absolute atomic E-state index is 0. The van der Waals surface area contributed by atoms with Crippen molar-refractivity contribution in [3.63, 3.8) is 0 Å². The SMILES string of the molecule is CC(C)(C)C[C-]1CCc2ccc3c(c21)CCC3.[Hf]. The maximum Gasteiger partial charge on any atom is 0 e. The molecule has 2 aliphatic carbocycles. The molecule has 0 amide bonds. The second-order valence-electron chi connectivity index (χ2n) is 6.93. The molecule has 0 N–H and O–H groups in total. The first-order valence-electron chi connectivity index (χ1n) is 7.03. The molecule has 0 aromatic heterocycles. The first kappa shape index (κ1) is 14.4. The van der Waals surface area contributed by atoms with Gasteiger partial charge >= 0.3 is 0 Å². The van der Waals surface area contributed by atoms with Crippen molar-refractivity contribution in [1.29, 1.82) is 0 Å². The van der Waals surface area contributed by atoms with Gasteiger partial charge in [-0.3, -0.25) is 0 Å². The molecular weight excluding hydrogens is 383 g/mol. The summed E-state index contributed by atoms with van der Waals surface area (Å²) in [7, 11) is 0. The average Bonchev–Trinajstić information content (AvgIpc) is 2.80. The second kappa shape index (κ2) is 5.15. The number of hydrogen-bond acceptors (Lipinski definition) is 0. The summed E-state index contributed by atoms with van der Waals surface area (Å²) in [5.74, 6) is 1.74. The van der Waals surface area contributed by atoms with E-state index in [4.69, 9.17) is 0 Å². The third-order valence-corrected chi connectivity index (χ3v) is 4.16. The molecule has 0 aliphatic heterocycles. The van der Waals surface area contributed by atoms with Crippen molar-refractivity contribution in [3.05, 3.63) is 40.3 Å². The smallest absolute Gasteiger partial charge is 0 e. The van der Waals surface area contributed by atoms with Crippen molar-refractivity contribution in [2.24, 2.45) is 5.41 Å². The van der Waals surface area contributed by atoms with E-state index in [0.717, 1.165) is 0 Å². The van der Waals surface area contributed by atoms with E-state index < -0.39 is 0 Å². The Morgan fingerprint density at radius 2 is 1.78 bits per heavy atom. The molecule has 3 rings (SSSR count). The molecule has 0 heterocycles. The quantitative estimate of drug-likeness (QED) is 0.477. The Morgan fingerprint density at radius 3 is 2.50 bits per heavy atom. The minimum Gasteiger partial charge on any atom is -0.182 e. The molecule has 0 saturated heterocycles. The molecule has 0 atom stereocenters. The topological polar surface area (TPSA) is 0 Å². The van der Waals surface area contributed by atoms with E-state index in [1.54, 1.807) is 28.2 Å². The summed E-state index contributed by atoms with van der Waals surface area (Å²) in [6.45, 7) is 7.09. The van der Waals surface area contributed by atoms with E-state index in [1.165, 1.54) is 38.5 Å². The number of aryl methyl sites for hydroxylation is 2. The van der Waals surface area contributed by atoms with E-state index in [2.05, 4.69) is 32.9 Å². The van der Waals surface area contributed by atoms with Crippen LogP contribution in [0.1, 0.15) is 62.3 Å².